The number of amides is 1. The predicted molar refractivity (Wildman–Crippen MR) is 156 cm³/mol. The maximum absolute atomic E-state index is 14.1. The fourth-order valence-electron chi connectivity index (χ4n) is 5.51. The van der Waals surface area contributed by atoms with Gasteiger partial charge in [-0.25, -0.2) is 0 Å². The molecule has 1 saturated heterocycles. The Hall–Kier alpha value is -3.30. The first kappa shape index (κ1) is 31.6. The summed E-state index contributed by atoms with van der Waals surface area (Å²) in [4.78, 5) is 38.3. The van der Waals surface area contributed by atoms with Gasteiger partial charge in [-0.3, -0.25) is 19.6 Å². The Morgan fingerprint density at radius 3 is 2.48 bits per heavy atom. The molecule has 2 aromatic carbocycles. The van der Waals surface area contributed by atoms with Gasteiger partial charge in [-0.1, -0.05) is 61.8 Å². The number of aromatic nitrogens is 2. The van der Waals surface area contributed by atoms with Gasteiger partial charge in [-0.15, -0.1) is 0 Å². The number of ketones is 1. The zero-order chi connectivity index (χ0) is 30.4. The lowest BCUT2D eigenvalue weighted by atomic mass is 9.90. The van der Waals surface area contributed by atoms with E-state index in [-0.39, 0.29) is 36.6 Å². The summed E-state index contributed by atoms with van der Waals surface area (Å²) in [5, 5.41) is 2.74. The Labute approximate surface area is 249 Å². The molecule has 3 aromatic rings. The van der Waals surface area contributed by atoms with E-state index in [4.69, 9.17) is 16.6 Å². The highest BCUT2D eigenvalue weighted by Crippen LogP contribution is 2.37. The van der Waals surface area contributed by atoms with Crippen LogP contribution in [0.2, 0.25) is 5.02 Å². The van der Waals surface area contributed by atoms with Crippen molar-refractivity contribution in [2.24, 2.45) is 5.92 Å². The standard InChI is InChI=1S/C32H36ClF3N4O2/c1-20(2)38-21(3)30(41)17-24(14-23-11-12-26(27(33)16-23)32(34,35)36)31(42)40-13-7-10-29(40)28-19-37-18-25(39-28)15-22-8-5-4-6-9-22/h4-6,8-9,11-12,16,18-21,24,29,38H,7,10,13-15,17H2,1-3H3/t21-,24+,29?/m1/s1. The highest BCUT2D eigenvalue weighted by Gasteiger charge is 2.37. The number of nitrogens with one attached hydrogen (secondary N) is 1. The molecule has 2 heterocycles. The van der Waals surface area contributed by atoms with Crippen molar-refractivity contribution in [2.45, 2.75) is 77.2 Å². The first-order chi connectivity index (χ1) is 19.9. The molecule has 0 bridgehead atoms. The number of likely N-dealkylation sites (tertiary alicyclic amines) is 1. The second-order valence-corrected chi connectivity index (χ2v) is 11.6. The Kier molecular flexibility index (Phi) is 10.4. The quantitative estimate of drug-likeness (QED) is 0.268. The van der Waals surface area contributed by atoms with Gasteiger partial charge in [0.2, 0.25) is 5.91 Å². The van der Waals surface area contributed by atoms with Crippen LogP contribution >= 0.6 is 11.6 Å². The van der Waals surface area contributed by atoms with Crippen LogP contribution in [0.3, 0.4) is 0 Å². The van der Waals surface area contributed by atoms with Crippen LogP contribution in [-0.4, -0.2) is 45.2 Å². The summed E-state index contributed by atoms with van der Waals surface area (Å²) in [7, 11) is 0. The number of rotatable bonds is 11. The van der Waals surface area contributed by atoms with Gasteiger partial charge < -0.3 is 10.2 Å². The van der Waals surface area contributed by atoms with Gasteiger partial charge in [-0.2, -0.15) is 13.2 Å². The summed E-state index contributed by atoms with van der Waals surface area (Å²) in [5.74, 6) is -1.14. The molecule has 4 rings (SSSR count). The molecule has 3 atom stereocenters. The van der Waals surface area contributed by atoms with Crippen LogP contribution in [0.5, 0.6) is 0 Å². The number of Topliss-reactive ketones (excluding diaryl/α,β-unsaturated/α-hetero) is 1. The van der Waals surface area contributed by atoms with Gasteiger partial charge in [0.05, 0.1) is 40.3 Å². The van der Waals surface area contributed by atoms with E-state index in [0.717, 1.165) is 23.7 Å². The molecule has 0 radical (unpaired) electrons. The van der Waals surface area contributed by atoms with Crippen molar-refractivity contribution in [1.82, 2.24) is 20.2 Å². The van der Waals surface area contributed by atoms with E-state index in [1.54, 1.807) is 24.2 Å². The van der Waals surface area contributed by atoms with Gasteiger partial charge in [0.1, 0.15) is 5.78 Å². The van der Waals surface area contributed by atoms with Crippen molar-refractivity contribution in [2.75, 3.05) is 6.54 Å². The van der Waals surface area contributed by atoms with E-state index >= 15 is 0 Å². The van der Waals surface area contributed by atoms with Gasteiger partial charge in [0.25, 0.3) is 0 Å². The number of benzene rings is 2. The number of alkyl halides is 3. The van der Waals surface area contributed by atoms with Crippen molar-refractivity contribution in [1.29, 1.82) is 0 Å². The van der Waals surface area contributed by atoms with E-state index in [1.165, 1.54) is 12.1 Å². The number of carbonyl (C=O) groups is 2. The molecule has 1 aliphatic heterocycles. The molecule has 10 heteroatoms. The van der Waals surface area contributed by atoms with E-state index in [1.807, 2.05) is 44.2 Å². The minimum atomic E-state index is -4.59. The Balaban J connectivity index is 1.58. The zero-order valence-electron chi connectivity index (χ0n) is 24.0. The lowest BCUT2D eigenvalue weighted by Gasteiger charge is -2.29. The molecule has 1 fully saturated rings. The summed E-state index contributed by atoms with van der Waals surface area (Å²) in [6.45, 7) is 6.11. The van der Waals surface area contributed by atoms with Crippen LogP contribution in [0.4, 0.5) is 13.2 Å². The second kappa shape index (κ2) is 13.8. The Morgan fingerprint density at radius 1 is 1.07 bits per heavy atom. The van der Waals surface area contributed by atoms with Crippen LogP contribution in [0, 0.1) is 5.92 Å². The SMILES string of the molecule is CC(C)N[C@H](C)C(=O)C[C@H](Cc1ccc(C(F)(F)F)c(Cl)c1)C(=O)N1CCCC1c1cncc(Cc2ccccc2)n1. The van der Waals surface area contributed by atoms with E-state index < -0.39 is 28.7 Å². The third-order valence-electron chi connectivity index (χ3n) is 7.49. The Morgan fingerprint density at radius 2 is 1.81 bits per heavy atom. The predicted octanol–water partition coefficient (Wildman–Crippen LogP) is 6.61. The number of nitrogens with zero attached hydrogens (tertiary/aromatic N) is 3. The van der Waals surface area contributed by atoms with E-state index in [9.17, 15) is 22.8 Å². The van der Waals surface area contributed by atoms with Gasteiger partial charge >= 0.3 is 6.18 Å². The monoisotopic (exact) mass is 600 g/mol. The van der Waals surface area contributed by atoms with Crippen molar-refractivity contribution >= 4 is 23.3 Å². The molecule has 1 aliphatic rings. The average Bonchev–Trinajstić information content (AvgIpc) is 3.42. The molecule has 0 spiro atoms. The lowest BCUT2D eigenvalue weighted by Crippen LogP contribution is -2.42. The van der Waals surface area contributed by atoms with Gasteiger partial charge in [-0.05, 0) is 49.4 Å². The number of halogens is 4. The topological polar surface area (TPSA) is 75.2 Å². The summed E-state index contributed by atoms with van der Waals surface area (Å²) in [5.41, 5.74) is 2.10. The first-order valence-electron chi connectivity index (χ1n) is 14.2. The number of hydrogen-bond donors (Lipinski definition) is 1. The van der Waals surface area contributed by atoms with Crippen molar-refractivity contribution < 1.29 is 22.8 Å². The van der Waals surface area contributed by atoms with Crippen LogP contribution in [0.1, 0.15) is 74.2 Å². The highest BCUT2D eigenvalue weighted by atomic mass is 35.5. The van der Waals surface area contributed by atoms with Crippen molar-refractivity contribution in [3.63, 3.8) is 0 Å². The summed E-state index contributed by atoms with van der Waals surface area (Å²) in [6, 6.07) is 12.7. The molecule has 1 amide bonds. The molecule has 0 saturated carbocycles. The van der Waals surface area contributed by atoms with Crippen LogP contribution in [0.15, 0.2) is 60.9 Å². The van der Waals surface area contributed by atoms with Crippen LogP contribution in [-0.2, 0) is 28.6 Å². The fourth-order valence-corrected chi connectivity index (χ4v) is 5.82. The third-order valence-corrected chi connectivity index (χ3v) is 7.81. The largest absolute Gasteiger partial charge is 0.417 e. The van der Waals surface area contributed by atoms with Gasteiger partial charge in [0, 0.05) is 37.5 Å². The lowest BCUT2D eigenvalue weighted by molar-refractivity contribution is -0.139. The summed E-state index contributed by atoms with van der Waals surface area (Å²) < 4.78 is 39.9. The molecule has 1 aromatic heterocycles. The van der Waals surface area contributed by atoms with E-state index in [2.05, 4.69) is 10.3 Å². The smallest absolute Gasteiger partial charge is 0.334 e. The van der Waals surface area contributed by atoms with Crippen molar-refractivity contribution in [3.8, 4) is 0 Å². The second-order valence-electron chi connectivity index (χ2n) is 11.2. The molecule has 1 N–H and O–H groups in total. The molecule has 1 unspecified atom stereocenters. The minimum Gasteiger partial charge on any atom is -0.334 e. The molecule has 6 nitrogen and oxygen atoms in total. The number of hydrogen-bond acceptors (Lipinski definition) is 5. The van der Waals surface area contributed by atoms with E-state index in [0.29, 0.717) is 30.6 Å². The third kappa shape index (κ3) is 8.16. The van der Waals surface area contributed by atoms with Crippen LogP contribution in [0.25, 0.3) is 0 Å². The average molecular weight is 601 g/mol. The van der Waals surface area contributed by atoms with Crippen LogP contribution < -0.4 is 5.32 Å². The Bertz CT molecular complexity index is 1380. The maximum Gasteiger partial charge on any atom is 0.417 e. The van der Waals surface area contributed by atoms with Crippen molar-refractivity contribution in [3.05, 3.63) is 94.0 Å². The molecule has 42 heavy (non-hydrogen) atoms. The first-order valence-corrected chi connectivity index (χ1v) is 14.6. The highest BCUT2D eigenvalue weighted by molar-refractivity contribution is 6.31. The normalized spacial score (nSPS) is 17.0. The molecule has 0 aliphatic carbocycles. The summed E-state index contributed by atoms with van der Waals surface area (Å²) in [6.07, 6.45) is 0.908. The number of carbonyl (C=O) groups excluding carboxylic acids is 2. The minimum absolute atomic E-state index is 0.0543. The fraction of sp³-hybridized carbons (Fsp3) is 0.438. The molecule has 224 valence electrons. The zero-order valence-corrected chi connectivity index (χ0v) is 24.8. The van der Waals surface area contributed by atoms with Gasteiger partial charge in [0.15, 0.2) is 0 Å². The molecular weight excluding hydrogens is 565 g/mol. The molecular formula is C32H36ClF3N4O2. The summed E-state index contributed by atoms with van der Waals surface area (Å²) >= 11 is 5.99. The maximum atomic E-state index is 14.1.